The topological polar surface area (TPSA) is 93.7 Å². The van der Waals surface area contributed by atoms with Gasteiger partial charge >= 0.3 is 5.97 Å². The maximum Gasteiger partial charge on any atom is 0.306 e. The number of benzene rings is 3. The molecule has 0 aliphatic heterocycles. The van der Waals surface area contributed by atoms with Gasteiger partial charge in [-0.15, -0.1) is 0 Å². The highest BCUT2D eigenvalue weighted by Crippen LogP contribution is 2.29. The summed E-state index contributed by atoms with van der Waals surface area (Å²) in [4.78, 5) is 36.3. The second-order valence-corrected chi connectivity index (χ2v) is 9.27. The van der Waals surface area contributed by atoms with Crippen LogP contribution in [0.15, 0.2) is 65.1 Å². The molecule has 0 aliphatic rings. The molecule has 0 saturated carbocycles. The highest BCUT2D eigenvalue weighted by molar-refractivity contribution is 9.10. The molecule has 0 spiro atoms. The van der Waals surface area contributed by atoms with Crippen LogP contribution < -0.4 is 15.4 Å². The number of nitrogens with one attached hydrogen (secondary N) is 2. The van der Waals surface area contributed by atoms with E-state index in [2.05, 4.69) is 26.6 Å². The number of anilines is 2. The summed E-state index contributed by atoms with van der Waals surface area (Å²) < 4.78 is 11.7. The van der Waals surface area contributed by atoms with Crippen molar-refractivity contribution in [2.45, 2.75) is 33.1 Å². The van der Waals surface area contributed by atoms with Crippen LogP contribution in [0.5, 0.6) is 11.5 Å². The average molecular weight is 574 g/mol. The van der Waals surface area contributed by atoms with E-state index in [-0.39, 0.29) is 25.4 Å². The number of rotatable bonds is 10. The van der Waals surface area contributed by atoms with Crippen molar-refractivity contribution >= 4 is 56.7 Å². The Morgan fingerprint density at radius 2 is 1.58 bits per heavy atom. The monoisotopic (exact) mass is 572 g/mol. The van der Waals surface area contributed by atoms with Gasteiger partial charge in [0.05, 0.1) is 5.02 Å². The van der Waals surface area contributed by atoms with E-state index < -0.39 is 11.9 Å². The Kier molecular flexibility index (Phi) is 9.90. The molecule has 0 atom stereocenters. The quantitative estimate of drug-likeness (QED) is 0.260. The van der Waals surface area contributed by atoms with Gasteiger partial charge in [-0.25, -0.2) is 0 Å². The van der Waals surface area contributed by atoms with Crippen molar-refractivity contribution in [2.75, 3.05) is 17.2 Å². The largest absolute Gasteiger partial charge is 0.456 e. The standard InChI is InChI=1S/C27H26BrClN2O5/c1-17-18(2)23(15-14-21(17)28)31-26(33)16-35-27(34)9-5-8-25(32)30-19-10-12-20(13-11-19)36-24-7-4-3-6-22(24)29/h3-4,6-7,10-15H,5,8-9,16H2,1-2H3,(H,30,32)(H,31,33). The van der Waals surface area contributed by atoms with E-state index in [0.717, 1.165) is 15.6 Å². The van der Waals surface area contributed by atoms with Gasteiger partial charge in [0, 0.05) is 28.7 Å². The van der Waals surface area contributed by atoms with Gasteiger partial charge in [0.1, 0.15) is 11.5 Å². The molecule has 9 heteroatoms. The smallest absolute Gasteiger partial charge is 0.306 e. The number of hydrogen-bond acceptors (Lipinski definition) is 5. The van der Waals surface area contributed by atoms with Gasteiger partial charge in [-0.05, 0) is 79.9 Å². The number of carbonyl (C=O) groups is 3. The van der Waals surface area contributed by atoms with E-state index in [1.165, 1.54) is 0 Å². The first-order valence-electron chi connectivity index (χ1n) is 11.3. The zero-order valence-corrected chi connectivity index (χ0v) is 22.2. The Bertz CT molecular complexity index is 1250. The third-order valence-electron chi connectivity index (χ3n) is 5.35. The normalized spacial score (nSPS) is 10.4. The predicted octanol–water partition coefficient (Wildman–Crippen LogP) is 6.80. The number of ether oxygens (including phenoxy) is 2. The van der Waals surface area contributed by atoms with Crippen molar-refractivity contribution < 1.29 is 23.9 Å². The second kappa shape index (κ2) is 13.1. The van der Waals surface area contributed by atoms with Crippen LogP contribution in [0, 0.1) is 13.8 Å². The first-order chi connectivity index (χ1) is 17.2. The fourth-order valence-corrected chi connectivity index (χ4v) is 3.81. The van der Waals surface area contributed by atoms with Crippen LogP contribution in [0.3, 0.4) is 0 Å². The Morgan fingerprint density at radius 3 is 2.31 bits per heavy atom. The lowest BCUT2D eigenvalue weighted by molar-refractivity contribution is -0.147. The van der Waals surface area contributed by atoms with Gasteiger partial charge in [0.2, 0.25) is 5.91 Å². The predicted molar refractivity (Wildman–Crippen MR) is 144 cm³/mol. The molecule has 2 amide bonds. The van der Waals surface area contributed by atoms with Gasteiger partial charge in [-0.3, -0.25) is 14.4 Å². The summed E-state index contributed by atoms with van der Waals surface area (Å²) in [5, 5.41) is 6.01. The van der Waals surface area contributed by atoms with Crippen LogP contribution in [0.1, 0.15) is 30.4 Å². The molecule has 7 nitrogen and oxygen atoms in total. The summed E-state index contributed by atoms with van der Waals surface area (Å²) >= 11 is 9.54. The number of esters is 1. The SMILES string of the molecule is Cc1c(Br)ccc(NC(=O)COC(=O)CCCC(=O)Nc2ccc(Oc3ccccc3Cl)cc2)c1C. The molecular formula is C27H26BrClN2O5. The molecule has 2 N–H and O–H groups in total. The number of para-hydroxylation sites is 1. The van der Waals surface area contributed by atoms with Crippen LogP contribution in [-0.2, 0) is 19.1 Å². The summed E-state index contributed by atoms with van der Waals surface area (Å²) in [6, 6.07) is 17.6. The molecule has 0 heterocycles. The molecule has 0 bridgehead atoms. The zero-order valence-electron chi connectivity index (χ0n) is 19.9. The van der Waals surface area contributed by atoms with Crippen LogP contribution >= 0.6 is 27.5 Å². The Hall–Kier alpha value is -3.36. The van der Waals surface area contributed by atoms with Gasteiger partial charge in [0.15, 0.2) is 6.61 Å². The average Bonchev–Trinajstić information content (AvgIpc) is 2.86. The molecule has 0 fully saturated rings. The highest BCUT2D eigenvalue weighted by atomic mass is 79.9. The number of amides is 2. The minimum absolute atomic E-state index is 0.0295. The third kappa shape index (κ3) is 8.10. The summed E-state index contributed by atoms with van der Waals surface area (Å²) in [7, 11) is 0. The fourth-order valence-electron chi connectivity index (χ4n) is 3.21. The fraction of sp³-hybridized carbons (Fsp3) is 0.222. The minimum Gasteiger partial charge on any atom is -0.456 e. The van der Waals surface area contributed by atoms with Crippen molar-refractivity contribution in [3.8, 4) is 11.5 Å². The first-order valence-corrected chi connectivity index (χ1v) is 12.4. The van der Waals surface area contributed by atoms with Crippen LogP contribution in [0.2, 0.25) is 5.02 Å². The van der Waals surface area contributed by atoms with Crippen LogP contribution in [-0.4, -0.2) is 24.4 Å². The molecule has 3 rings (SSSR count). The lowest BCUT2D eigenvalue weighted by Gasteiger charge is -2.12. The van der Waals surface area contributed by atoms with Crippen molar-refractivity contribution in [3.05, 3.63) is 81.3 Å². The number of carbonyl (C=O) groups excluding carboxylic acids is 3. The zero-order chi connectivity index (χ0) is 26.1. The van der Waals surface area contributed by atoms with Crippen molar-refractivity contribution in [1.82, 2.24) is 0 Å². The highest BCUT2D eigenvalue weighted by Gasteiger charge is 2.12. The van der Waals surface area contributed by atoms with Gasteiger partial charge < -0.3 is 20.1 Å². The Labute approximate surface area is 223 Å². The van der Waals surface area contributed by atoms with E-state index in [1.807, 2.05) is 32.0 Å². The molecule has 3 aromatic rings. The lowest BCUT2D eigenvalue weighted by atomic mass is 10.1. The van der Waals surface area contributed by atoms with Crippen molar-refractivity contribution in [1.29, 1.82) is 0 Å². The first kappa shape index (κ1) is 27.2. The maximum absolute atomic E-state index is 12.2. The summed E-state index contributed by atoms with van der Waals surface area (Å²) in [6.07, 6.45) is 0.462. The molecule has 0 aliphatic carbocycles. The molecule has 3 aromatic carbocycles. The maximum atomic E-state index is 12.2. The molecule has 188 valence electrons. The molecule has 0 aromatic heterocycles. The summed E-state index contributed by atoms with van der Waals surface area (Å²) in [5.74, 6) is -0.0748. The number of hydrogen-bond donors (Lipinski definition) is 2. The van der Waals surface area contributed by atoms with Crippen molar-refractivity contribution in [3.63, 3.8) is 0 Å². The Balaban J connectivity index is 1.35. The van der Waals surface area contributed by atoms with E-state index in [9.17, 15) is 14.4 Å². The van der Waals surface area contributed by atoms with Crippen LogP contribution in [0.4, 0.5) is 11.4 Å². The van der Waals surface area contributed by atoms with E-state index in [0.29, 0.717) is 34.3 Å². The van der Waals surface area contributed by atoms with E-state index in [1.54, 1.807) is 42.5 Å². The molecule has 36 heavy (non-hydrogen) atoms. The molecule has 0 unspecified atom stereocenters. The molecular weight excluding hydrogens is 548 g/mol. The molecule has 0 radical (unpaired) electrons. The van der Waals surface area contributed by atoms with Crippen LogP contribution in [0.25, 0.3) is 0 Å². The third-order valence-corrected chi connectivity index (χ3v) is 6.52. The van der Waals surface area contributed by atoms with E-state index >= 15 is 0 Å². The second-order valence-electron chi connectivity index (χ2n) is 8.01. The lowest BCUT2D eigenvalue weighted by Crippen LogP contribution is -2.21. The van der Waals surface area contributed by atoms with Crippen molar-refractivity contribution in [2.24, 2.45) is 0 Å². The van der Waals surface area contributed by atoms with E-state index in [4.69, 9.17) is 21.1 Å². The van der Waals surface area contributed by atoms with Gasteiger partial charge in [-0.2, -0.15) is 0 Å². The summed E-state index contributed by atoms with van der Waals surface area (Å²) in [6.45, 7) is 3.45. The summed E-state index contributed by atoms with van der Waals surface area (Å²) in [5.41, 5.74) is 3.21. The van der Waals surface area contributed by atoms with Gasteiger partial charge in [0.25, 0.3) is 5.91 Å². The van der Waals surface area contributed by atoms with Gasteiger partial charge in [-0.1, -0.05) is 39.7 Å². The Morgan fingerprint density at radius 1 is 0.861 bits per heavy atom. The number of halogens is 2. The minimum atomic E-state index is -0.539. The molecule has 0 saturated heterocycles.